The lowest BCUT2D eigenvalue weighted by Crippen LogP contribution is -2.56. The van der Waals surface area contributed by atoms with Crippen LogP contribution in [0.4, 0.5) is 0 Å². The summed E-state index contributed by atoms with van der Waals surface area (Å²) in [5, 5.41) is 0. The van der Waals surface area contributed by atoms with Crippen molar-refractivity contribution < 1.29 is 9.59 Å². The van der Waals surface area contributed by atoms with Gasteiger partial charge in [0.1, 0.15) is 5.78 Å². The van der Waals surface area contributed by atoms with E-state index in [4.69, 9.17) is 5.73 Å². The molecule has 3 atom stereocenters. The first kappa shape index (κ1) is 14.0. The third-order valence-corrected chi connectivity index (χ3v) is 4.57. The smallest absolute Gasteiger partial charge is 0.245 e. The van der Waals surface area contributed by atoms with Crippen molar-refractivity contribution in [3.63, 3.8) is 0 Å². The second-order valence-corrected chi connectivity index (χ2v) is 6.06. The standard InChI is InChI=1S/C17H20N2O2/c1-11(20)14-7-13-8-15(17(18)21)16(14)19(10-13)9-12-5-3-2-4-6-12/h2-6,8,13-14,16H,7,9-10H2,1H3,(H2,18,21)/t13?,14?,16-/m1/s1. The fourth-order valence-corrected chi connectivity index (χ4v) is 3.68. The predicted octanol–water partition coefficient (Wildman–Crippen LogP) is 1.51. The van der Waals surface area contributed by atoms with Crippen LogP contribution in [-0.2, 0) is 16.1 Å². The first-order valence-electron chi connectivity index (χ1n) is 7.36. The summed E-state index contributed by atoms with van der Waals surface area (Å²) in [5.74, 6) is -0.113. The van der Waals surface area contributed by atoms with Crippen LogP contribution in [0.5, 0.6) is 0 Å². The average Bonchev–Trinajstić information content (AvgIpc) is 2.47. The van der Waals surface area contributed by atoms with Gasteiger partial charge in [-0.25, -0.2) is 0 Å². The summed E-state index contributed by atoms with van der Waals surface area (Å²) in [7, 11) is 0. The van der Waals surface area contributed by atoms with Gasteiger partial charge in [0.15, 0.2) is 0 Å². The van der Waals surface area contributed by atoms with Gasteiger partial charge in [0.25, 0.3) is 0 Å². The molecule has 110 valence electrons. The molecule has 4 heteroatoms. The first-order valence-corrected chi connectivity index (χ1v) is 7.36. The Bertz CT molecular complexity index is 594. The van der Waals surface area contributed by atoms with Crippen LogP contribution in [0.25, 0.3) is 0 Å². The summed E-state index contributed by atoms with van der Waals surface area (Å²) in [6.45, 7) is 3.25. The average molecular weight is 284 g/mol. The van der Waals surface area contributed by atoms with E-state index in [9.17, 15) is 9.59 Å². The SMILES string of the molecule is CC(=O)C1CC2C=C(C(N)=O)[C@@H]1N(Cc1ccccc1)C2. The van der Waals surface area contributed by atoms with E-state index in [1.165, 1.54) is 5.56 Å². The van der Waals surface area contributed by atoms with Gasteiger partial charge >= 0.3 is 0 Å². The van der Waals surface area contributed by atoms with E-state index >= 15 is 0 Å². The Kier molecular flexibility index (Phi) is 3.64. The number of Topliss-reactive ketones (excluding diaryl/α,β-unsaturated/α-hetero) is 1. The molecule has 1 aliphatic carbocycles. The van der Waals surface area contributed by atoms with Crippen molar-refractivity contribution in [3.05, 3.63) is 47.5 Å². The maximum absolute atomic E-state index is 11.9. The molecule has 2 unspecified atom stereocenters. The third kappa shape index (κ3) is 2.63. The van der Waals surface area contributed by atoms with Crippen LogP contribution in [-0.4, -0.2) is 29.2 Å². The maximum Gasteiger partial charge on any atom is 0.245 e. The number of carbonyl (C=O) groups is 2. The number of carbonyl (C=O) groups excluding carboxylic acids is 2. The van der Waals surface area contributed by atoms with Crippen LogP contribution in [0, 0.1) is 11.8 Å². The van der Waals surface area contributed by atoms with Crippen molar-refractivity contribution in [2.75, 3.05) is 6.54 Å². The van der Waals surface area contributed by atoms with Gasteiger partial charge in [-0.3, -0.25) is 14.5 Å². The molecule has 1 aromatic rings. The molecule has 4 nitrogen and oxygen atoms in total. The van der Waals surface area contributed by atoms with Gasteiger partial charge in [0.2, 0.25) is 5.91 Å². The zero-order chi connectivity index (χ0) is 15.0. The van der Waals surface area contributed by atoms with Crippen molar-refractivity contribution in [1.82, 2.24) is 4.90 Å². The lowest BCUT2D eigenvalue weighted by molar-refractivity contribution is -0.126. The van der Waals surface area contributed by atoms with E-state index in [0.29, 0.717) is 5.57 Å². The van der Waals surface area contributed by atoms with E-state index in [2.05, 4.69) is 17.0 Å². The minimum absolute atomic E-state index is 0.111. The molecule has 2 N–H and O–H groups in total. The summed E-state index contributed by atoms with van der Waals surface area (Å²) in [4.78, 5) is 25.9. The van der Waals surface area contributed by atoms with Gasteiger partial charge in [-0.05, 0) is 24.8 Å². The number of piperidine rings is 1. The van der Waals surface area contributed by atoms with E-state index < -0.39 is 5.91 Å². The van der Waals surface area contributed by atoms with Gasteiger partial charge in [0, 0.05) is 30.6 Å². The van der Waals surface area contributed by atoms with Crippen LogP contribution in [0.15, 0.2) is 42.0 Å². The second kappa shape index (κ2) is 5.45. The van der Waals surface area contributed by atoms with Crippen LogP contribution >= 0.6 is 0 Å². The number of hydrogen-bond acceptors (Lipinski definition) is 3. The van der Waals surface area contributed by atoms with Gasteiger partial charge in [-0.2, -0.15) is 0 Å². The fraction of sp³-hybridized carbons (Fsp3) is 0.412. The summed E-state index contributed by atoms with van der Waals surface area (Å²) in [5.41, 5.74) is 7.34. The van der Waals surface area contributed by atoms with Gasteiger partial charge in [-0.1, -0.05) is 36.4 Å². The van der Waals surface area contributed by atoms with E-state index in [1.54, 1.807) is 6.92 Å². The number of nitrogens with two attached hydrogens (primary N) is 1. The molecule has 0 aromatic heterocycles. The lowest BCUT2D eigenvalue weighted by Gasteiger charge is -2.48. The number of benzene rings is 1. The molecule has 0 spiro atoms. The largest absolute Gasteiger partial charge is 0.366 e. The van der Waals surface area contributed by atoms with Crippen molar-refractivity contribution in [3.8, 4) is 0 Å². The normalized spacial score (nSPS) is 28.2. The number of fused-ring (bicyclic) bond motifs is 2. The highest BCUT2D eigenvalue weighted by Gasteiger charge is 2.45. The van der Waals surface area contributed by atoms with Crippen LogP contribution in [0.1, 0.15) is 18.9 Å². The summed E-state index contributed by atoms with van der Waals surface area (Å²) in [6.07, 6.45) is 2.82. The highest BCUT2D eigenvalue weighted by atomic mass is 16.1. The van der Waals surface area contributed by atoms with Gasteiger partial charge in [-0.15, -0.1) is 0 Å². The topological polar surface area (TPSA) is 63.4 Å². The van der Waals surface area contributed by atoms with Crippen molar-refractivity contribution in [2.24, 2.45) is 17.6 Å². The Hall–Kier alpha value is -1.94. The van der Waals surface area contributed by atoms with Crippen LogP contribution in [0.2, 0.25) is 0 Å². The van der Waals surface area contributed by atoms with Crippen molar-refractivity contribution in [2.45, 2.75) is 25.9 Å². The van der Waals surface area contributed by atoms with E-state index in [1.807, 2.05) is 24.3 Å². The van der Waals surface area contributed by atoms with E-state index in [-0.39, 0.29) is 23.7 Å². The molecule has 1 aromatic carbocycles. The van der Waals surface area contributed by atoms with Crippen LogP contribution in [0.3, 0.4) is 0 Å². The number of rotatable bonds is 4. The highest BCUT2D eigenvalue weighted by Crippen LogP contribution is 2.39. The Labute approximate surface area is 124 Å². The first-order chi connectivity index (χ1) is 10.1. The predicted molar refractivity (Wildman–Crippen MR) is 80.2 cm³/mol. The number of hydrogen-bond donors (Lipinski definition) is 1. The Morgan fingerprint density at radius 1 is 1.29 bits per heavy atom. The maximum atomic E-state index is 11.9. The molecule has 2 aliphatic heterocycles. The molecular formula is C17H20N2O2. The zero-order valence-electron chi connectivity index (χ0n) is 12.2. The number of amides is 1. The summed E-state index contributed by atoms with van der Waals surface area (Å²) >= 11 is 0. The molecule has 1 amide bonds. The summed E-state index contributed by atoms with van der Waals surface area (Å²) < 4.78 is 0. The number of ketones is 1. The number of nitrogens with zero attached hydrogens (tertiary/aromatic N) is 1. The van der Waals surface area contributed by atoms with Crippen LogP contribution < -0.4 is 5.73 Å². The highest BCUT2D eigenvalue weighted by molar-refractivity contribution is 5.95. The molecule has 3 aliphatic rings. The monoisotopic (exact) mass is 284 g/mol. The number of primary amides is 1. The Morgan fingerprint density at radius 3 is 2.62 bits per heavy atom. The van der Waals surface area contributed by atoms with E-state index in [0.717, 1.165) is 19.5 Å². The molecule has 4 rings (SSSR count). The second-order valence-electron chi connectivity index (χ2n) is 6.06. The molecule has 2 bridgehead atoms. The Morgan fingerprint density at radius 2 is 2.00 bits per heavy atom. The molecule has 1 saturated heterocycles. The molecular weight excluding hydrogens is 264 g/mol. The van der Waals surface area contributed by atoms with Crippen molar-refractivity contribution >= 4 is 11.7 Å². The van der Waals surface area contributed by atoms with Gasteiger partial charge < -0.3 is 5.73 Å². The molecule has 0 radical (unpaired) electrons. The molecule has 2 heterocycles. The summed E-state index contributed by atoms with van der Waals surface area (Å²) in [6, 6.07) is 9.97. The molecule has 1 fully saturated rings. The minimum Gasteiger partial charge on any atom is -0.366 e. The fourth-order valence-electron chi connectivity index (χ4n) is 3.68. The van der Waals surface area contributed by atoms with Crippen molar-refractivity contribution in [1.29, 1.82) is 0 Å². The van der Waals surface area contributed by atoms with Gasteiger partial charge in [0.05, 0.1) is 0 Å². The lowest BCUT2D eigenvalue weighted by atomic mass is 9.71. The quantitative estimate of drug-likeness (QED) is 0.911. The minimum atomic E-state index is -0.395. The Balaban J connectivity index is 1.90. The molecule has 21 heavy (non-hydrogen) atoms. The third-order valence-electron chi connectivity index (χ3n) is 4.57. The molecule has 0 saturated carbocycles. The zero-order valence-corrected chi connectivity index (χ0v) is 12.2.